The molecular weight excluding hydrogens is 392 g/mol. The van der Waals surface area contributed by atoms with Crippen molar-refractivity contribution in [1.29, 1.82) is 0 Å². The Morgan fingerprint density at radius 2 is 1.86 bits per heavy atom. The van der Waals surface area contributed by atoms with Crippen LogP contribution in [-0.2, 0) is 9.59 Å². The Hall–Kier alpha value is -2.28. The van der Waals surface area contributed by atoms with E-state index < -0.39 is 11.6 Å². The summed E-state index contributed by atoms with van der Waals surface area (Å²) in [5.74, 6) is -0.126. The summed E-state index contributed by atoms with van der Waals surface area (Å²) in [5.41, 5.74) is 1.12. The van der Waals surface area contributed by atoms with Gasteiger partial charge in [-0.15, -0.1) is 0 Å². The standard InChI is InChI=1S/C21H29ClN4O3/c1-4-16(22)14(3)17(5-2)25-10-12-26(13-11-25)18(27)8-9-21(15-6-7-15)19(28)23-20(29)24-21/h4-5,15H,1,6-13H2,2-3H3,(H2,23,24,28,29)/b16-14+,17-5+. The van der Waals surface area contributed by atoms with Gasteiger partial charge in [-0.25, -0.2) is 4.79 Å². The zero-order valence-corrected chi connectivity index (χ0v) is 17.8. The molecule has 2 aliphatic heterocycles. The number of rotatable bonds is 7. The lowest BCUT2D eigenvalue weighted by atomic mass is 9.87. The Balaban J connectivity index is 1.56. The number of halogens is 1. The number of hydrogen-bond donors (Lipinski definition) is 2. The molecule has 3 fully saturated rings. The number of urea groups is 1. The molecule has 7 nitrogen and oxygen atoms in total. The molecule has 0 radical (unpaired) electrons. The summed E-state index contributed by atoms with van der Waals surface area (Å²) < 4.78 is 0. The first-order chi connectivity index (χ1) is 13.8. The first-order valence-corrected chi connectivity index (χ1v) is 10.5. The van der Waals surface area contributed by atoms with Crippen molar-refractivity contribution < 1.29 is 14.4 Å². The van der Waals surface area contributed by atoms with Crippen LogP contribution in [0.5, 0.6) is 0 Å². The van der Waals surface area contributed by atoms with Gasteiger partial charge in [0.15, 0.2) is 0 Å². The van der Waals surface area contributed by atoms with Gasteiger partial charge in [-0.05, 0) is 44.6 Å². The molecule has 158 valence electrons. The molecule has 2 saturated heterocycles. The molecule has 1 aliphatic carbocycles. The summed E-state index contributed by atoms with van der Waals surface area (Å²) in [6.45, 7) is 10.3. The lowest BCUT2D eigenvalue weighted by Gasteiger charge is -2.38. The SMILES string of the molecule is C=C/C(Cl)=C(C)\C(=C/C)N1CCN(C(=O)CCC2(C3CC3)NC(=O)NC2=O)CC1. The molecule has 1 unspecified atom stereocenters. The minimum absolute atomic E-state index is 0.0250. The zero-order valence-electron chi connectivity index (χ0n) is 17.1. The van der Waals surface area contributed by atoms with Crippen molar-refractivity contribution in [1.82, 2.24) is 20.4 Å². The third-order valence-electron chi connectivity index (χ3n) is 6.14. The Kier molecular flexibility index (Phi) is 6.36. The molecule has 0 aromatic carbocycles. The predicted molar refractivity (Wildman–Crippen MR) is 112 cm³/mol. The Labute approximate surface area is 176 Å². The fourth-order valence-corrected chi connectivity index (χ4v) is 4.42. The van der Waals surface area contributed by atoms with E-state index in [2.05, 4.69) is 22.1 Å². The molecule has 29 heavy (non-hydrogen) atoms. The summed E-state index contributed by atoms with van der Waals surface area (Å²) in [7, 11) is 0. The van der Waals surface area contributed by atoms with E-state index in [0.29, 0.717) is 24.5 Å². The highest BCUT2D eigenvalue weighted by Crippen LogP contribution is 2.43. The minimum Gasteiger partial charge on any atom is -0.368 e. The minimum atomic E-state index is -0.907. The summed E-state index contributed by atoms with van der Waals surface area (Å²) >= 11 is 6.22. The fourth-order valence-electron chi connectivity index (χ4n) is 4.32. The second-order valence-electron chi connectivity index (χ2n) is 7.87. The van der Waals surface area contributed by atoms with Crippen LogP contribution in [0.25, 0.3) is 0 Å². The van der Waals surface area contributed by atoms with Crippen molar-refractivity contribution in [2.75, 3.05) is 26.2 Å². The molecule has 8 heteroatoms. The van der Waals surface area contributed by atoms with E-state index in [1.54, 1.807) is 6.08 Å². The van der Waals surface area contributed by atoms with Crippen molar-refractivity contribution in [3.8, 4) is 0 Å². The van der Waals surface area contributed by atoms with Crippen molar-refractivity contribution in [3.05, 3.63) is 35.0 Å². The van der Waals surface area contributed by atoms with Crippen LogP contribution in [0.1, 0.15) is 39.5 Å². The lowest BCUT2D eigenvalue weighted by Crippen LogP contribution is -2.51. The van der Waals surface area contributed by atoms with Crippen LogP contribution in [0.15, 0.2) is 35.0 Å². The van der Waals surface area contributed by atoms with Gasteiger partial charge in [0.25, 0.3) is 5.91 Å². The van der Waals surface area contributed by atoms with E-state index in [4.69, 9.17) is 11.6 Å². The number of nitrogens with one attached hydrogen (secondary N) is 2. The van der Waals surface area contributed by atoms with Crippen LogP contribution >= 0.6 is 11.6 Å². The van der Waals surface area contributed by atoms with E-state index in [0.717, 1.165) is 37.2 Å². The molecule has 3 rings (SSSR count). The number of imide groups is 1. The lowest BCUT2D eigenvalue weighted by molar-refractivity contribution is -0.133. The molecule has 3 aliphatic rings. The highest BCUT2D eigenvalue weighted by atomic mass is 35.5. The van der Waals surface area contributed by atoms with Gasteiger partial charge in [0.05, 0.1) is 0 Å². The largest absolute Gasteiger partial charge is 0.368 e. The third-order valence-corrected chi connectivity index (χ3v) is 6.58. The Bertz CT molecular complexity index is 779. The number of carbonyl (C=O) groups is 3. The fraction of sp³-hybridized carbons (Fsp3) is 0.571. The van der Waals surface area contributed by atoms with Crippen molar-refractivity contribution in [3.63, 3.8) is 0 Å². The van der Waals surface area contributed by atoms with Crippen LogP contribution in [0, 0.1) is 5.92 Å². The topological polar surface area (TPSA) is 81.8 Å². The Morgan fingerprint density at radius 1 is 1.24 bits per heavy atom. The monoisotopic (exact) mass is 420 g/mol. The molecule has 1 saturated carbocycles. The first-order valence-electron chi connectivity index (χ1n) is 10.1. The van der Waals surface area contributed by atoms with Gasteiger partial charge < -0.3 is 15.1 Å². The molecule has 0 aromatic rings. The van der Waals surface area contributed by atoms with E-state index >= 15 is 0 Å². The molecular formula is C21H29ClN4O3. The molecule has 2 N–H and O–H groups in total. The third kappa shape index (κ3) is 4.34. The van der Waals surface area contributed by atoms with Crippen LogP contribution < -0.4 is 10.6 Å². The van der Waals surface area contributed by atoms with Crippen LogP contribution in [0.3, 0.4) is 0 Å². The average molecular weight is 421 g/mol. The summed E-state index contributed by atoms with van der Waals surface area (Å²) in [5, 5.41) is 5.74. The van der Waals surface area contributed by atoms with E-state index in [1.807, 2.05) is 24.8 Å². The summed E-state index contributed by atoms with van der Waals surface area (Å²) in [4.78, 5) is 40.8. The van der Waals surface area contributed by atoms with Gasteiger partial charge >= 0.3 is 6.03 Å². The highest BCUT2D eigenvalue weighted by molar-refractivity contribution is 6.31. The molecule has 4 amide bonds. The number of hydrogen-bond acceptors (Lipinski definition) is 4. The normalized spacial score (nSPS) is 26.1. The molecule has 1 atom stereocenters. The highest BCUT2D eigenvalue weighted by Gasteiger charge is 2.55. The van der Waals surface area contributed by atoms with Gasteiger partial charge in [-0.2, -0.15) is 0 Å². The number of amides is 4. The smallest absolute Gasteiger partial charge is 0.322 e. The summed E-state index contributed by atoms with van der Waals surface area (Å²) in [6.07, 6.45) is 6.08. The van der Waals surface area contributed by atoms with Crippen molar-refractivity contribution >= 4 is 29.4 Å². The van der Waals surface area contributed by atoms with Gasteiger partial charge in [-0.3, -0.25) is 14.9 Å². The molecule has 0 spiro atoms. The number of piperazine rings is 1. The molecule has 0 aromatic heterocycles. The van der Waals surface area contributed by atoms with E-state index in [9.17, 15) is 14.4 Å². The maximum Gasteiger partial charge on any atom is 0.322 e. The second kappa shape index (κ2) is 8.61. The average Bonchev–Trinajstić information content (AvgIpc) is 3.52. The summed E-state index contributed by atoms with van der Waals surface area (Å²) in [6, 6.07) is -0.455. The van der Waals surface area contributed by atoms with E-state index in [1.165, 1.54) is 0 Å². The maximum absolute atomic E-state index is 12.8. The van der Waals surface area contributed by atoms with Gasteiger partial charge in [0.2, 0.25) is 5.91 Å². The molecule has 0 bridgehead atoms. The quantitative estimate of drug-likeness (QED) is 0.489. The van der Waals surface area contributed by atoms with Gasteiger partial charge in [0, 0.05) is 43.3 Å². The van der Waals surface area contributed by atoms with Gasteiger partial charge in [-0.1, -0.05) is 30.3 Å². The molecule has 2 heterocycles. The van der Waals surface area contributed by atoms with Crippen LogP contribution in [0.2, 0.25) is 0 Å². The number of carbonyl (C=O) groups excluding carboxylic acids is 3. The van der Waals surface area contributed by atoms with Crippen molar-refractivity contribution in [2.45, 2.75) is 45.1 Å². The zero-order chi connectivity index (χ0) is 21.2. The number of nitrogens with zero attached hydrogens (tertiary/aromatic N) is 2. The first kappa shape index (κ1) is 21.4. The second-order valence-corrected chi connectivity index (χ2v) is 8.28. The van der Waals surface area contributed by atoms with Crippen LogP contribution in [-0.4, -0.2) is 59.4 Å². The maximum atomic E-state index is 12.8. The predicted octanol–water partition coefficient (Wildman–Crippen LogP) is 2.50. The number of allylic oxidation sites excluding steroid dienone is 4. The van der Waals surface area contributed by atoms with Crippen molar-refractivity contribution in [2.24, 2.45) is 5.92 Å². The van der Waals surface area contributed by atoms with E-state index in [-0.39, 0.29) is 24.2 Å². The van der Waals surface area contributed by atoms with Gasteiger partial charge in [0.1, 0.15) is 5.54 Å². The Morgan fingerprint density at radius 3 is 2.34 bits per heavy atom. The van der Waals surface area contributed by atoms with Crippen LogP contribution in [0.4, 0.5) is 4.79 Å².